The molecule has 0 radical (unpaired) electrons. The molecule has 0 amide bonds. The second-order valence-corrected chi connectivity index (χ2v) is 8.16. The Balaban J connectivity index is 1.67. The summed E-state index contributed by atoms with van der Waals surface area (Å²) in [6.07, 6.45) is 1.63. The zero-order chi connectivity index (χ0) is 22.5. The Kier molecular flexibility index (Phi) is 7.19. The zero-order valence-corrected chi connectivity index (χ0v) is 18.6. The first-order valence-corrected chi connectivity index (χ1v) is 11.1. The molecule has 6 nitrogen and oxygen atoms in total. The summed E-state index contributed by atoms with van der Waals surface area (Å²) in [5.74, 6) is 0.635. The van der Waals surface area contributed by atoms with Crippen LogP contribution in [0.15, 0.2) is 54.6 Å². The first-order valence-electron chi connectivity index (χ1n) is 11.1. The number of hydrogen-bond donors (Lipinski definition) is 1. The van der Waals surface area contributed by atoms with Crippen LogP contribution in [0, 0.1) is 5.82 Å². The van der Waals surface area contributed by atoms with E-state index in [0.29, 0.717) is 44.0 Å². The van der Waals surface area contributed by atoms with Crippen molar-refractivity contribution >= 4 is 0 Å². The second-order valence-electron chi connectivity index (χ2n) is 8.16. The average molecular weight is 440 g/mol. The van der Waals surface area contributed by atoms with E-state index in [1.807, 2.05) is 44.3 Å². The number of rotatable bonds is 11. The molecule has 0 unspecified atom stereocenters. The second kappa shape index (κ2) is 10.3. The van der Waals surface area contributed by atoms with Crippen LogP contribution < -0.4 is 4.74 Å². The molecule has 1 atom stereocenters. The third-order valence-corrected chi connectivity index (χ3v) is 5.53. The molecule has 3 aromatic rings. The SMILES string of the molecule is CCOC[C@@H](O)CN(Cc1c(-c2ccccc2)nn(C)c1Oc1cccc(F)c1)C1CC1. The van der Waals surface area contributed by atoms with Gasteiger partial charge in [-0.25, -0.2) is 9.07 Å². The monoisotopic (exact) mass is 439 g/mol. The summed E-state index contributed by atoms with van der Waals surface area (Å²) in [6.45, 7) is 3.88. The van der Waals surface area contributed by atoms with Crippen molar-refractivity contribution in [1.29, 1.82) is 0 Å². The molecule has 32 heavy (non-hydrogen) atoms. The number of aromatic nitrogens is 2. The van der Waals surface area contributed by atoms with E-state index < -0.39 is 6.10 Å². The van der Waals surface area contributed by atoms with Gasteiger partial charge in [-0.1, -0.05) is 36.4 Å². The van der Waals surface area contributed by atoms with Crippen LogP contribution in [0.1, 0.15) is 25.3 Å². The summed E-state index contributed by atoms with van der Waals surface area (Å²) in [5, 5.41) is 15.2. The van der Waals surface area contributed by atoms with Crippen molar-refractivity contribution in [1.82, 2.24) is 14.7 Å². The van der Waals surface area contributed by atoms with Gasteiger partial charge in [0, 0.05) is 44.4 Å². The highest BCUT2D eigenvalue weighted by molar-refractivity contribution is 5.65. The van der Waals surface area contributed by atoms with Gasteiger partial charge in [-0.3, -0.25) is 4.90 Å². The Morgan fingerprint density at radius 3 is 2.66 bits per heavy atom. The molecule has 0 aliphatic heterocycles. The van der Waals surface area contributed by atoms with Gasteiger partial charge in [0.15, 0.2) is 0 Å². The van der Waals surface area contributed by atoms with Crippen molar-refractivity contribution in [2.75, 3.05) is 19.8 Å². The number of nitrogens with zero attached hydrogens (tertiary/aromatic N) is 3. The molecular formula is C25H30FN3O3. The lowest BCUT2D eigenvalue weighted by atomic mass is 10.1. The predicted molar refractivity (Wildman–Crippen MR) is 121 cm³/mol. The summed E-state index contributed by atoms with van der Waals surface area (Å²) in [7, 11) is 1.83. The standard InChI is InChI=1S/C25H30FN3O3/c1-3-31-17-21(30)15-29(20-12-13-20)16-23-24(18-8-5-4-6-9-18)27-28(2)25(23)32-22-11-7-10-19(26)14-22/h4-11,14,20-21,30H,3,12-13,15-17H2,1-2H3/t21-/m0/s1. The van der Waals surface area contributed by atoms with Gasteiger partial charge in [0.1, 0.15) is 17.3 Å². The van der Waals surface area contributed by atoms with Crippen LogP contribution >= 0.6 is 0 Å². The fraction of sp³-hybridized carbons (Fsp3) is 0.400. The molecule has 1 aliphatic rings. The molecule has 1 aromatic heterocycles. The van der Waals surface area contributed by atoms with Crippen molar-refractivity contribution in [3.05, 3.63) is 66.0 Å². The van der Waals surface area contributed by atoms with Gasteiger partial charge in [0.2, 0.25) is 5.88 Å². The highest BCUT2D eigenvalue weighted by Crippen LogP contribution is 2.37. The highest BCUT2D eigenvalue weighted by Gasteiger charge is 2.33. The van der Waals surface area contributed by atoms with Crippen LogP contribution in [0.2, 0.25) is 0 Å². The van der Waals surface area contributed by atoms with E-state index in [4.69, 9.17) is 14.6 Å². The number of hydrogen-bond acceptors (Lipinski definition) is 5. The predicted octanol–water partition coefficient (Wildman–Crippen LogP) is 4.38. The van der Waals surface area contributed by atoms with Crippen molar-refractivity contribution < 1.29 is 19.0 Å². The Hall–Kier alpha value is -2.74. The van der Waals surface area contributed by atoms with Crippen molar-refractivity contribution in [2.45, 2.75) is 38.5 Å². The third-order valence-electron chi connectivity index (χ3n) is 5.53. The number of halogens is 1. The number of aryl methyl sites for hydroxylation is 1. The highest BCUT2D eigenvalue weighted by atomic mass is 19.1. The average Bonchev–Trinajstić information content (AvgIpc) is 3.59. The summed E-state index contributed by atoms with van der Waals surface area (Å²) in [4.78, 5) is 2.27. The van der Waals surface area contributed by atoms with Gasteiger partial charge in [-0.15, -0.1) is 0 Å². The molecule has 4 rings (SSSR count). The molecular weight excluding hydrogens is 409 g/mol. The molecule has 170 valence electrons. The van der Waals surface area contributed by atoms with E-state index in [1.54, 1.807) is 16.8 Å². The van der Waals surface area contributed by atoms with Crippen LogP contribution in [-0.2, 0) is 18.3 Å². The largest absolute Gasteiger partial charge is 0.439 e. The molecule has 1 N–H and O–H groups in total. The number of benzene rings is 2. The topological polar surface area (TPSA) is 59.8 Å². The number of aliphatic hydroxyl groups is 1. The third kappa shape index (κ3) is 5.54. The fourth-order valence-corrected chi connectivity index (χ4v) is 3.86. The molecule has 1 aliphatic carbocycles. The minimum absolute atomic E-state index is 0.310. The van der Waals surface area contributed by atoms with E-state index >= 15 is 0 Å². The Morgan fingerprint density at radius 2 is 1.97 bits per heavy atom. The van der Waals surface area contributed by atoms with E-state index in [2.05, 4.69) is 4.90 Å². The van der Waals surface area contributed by atoms with E-state index in [1.165, 1.54) is 12.1 Å². The minimum atomic E-state index is -0.569. The van der Waals surface area contributed by atoms with E-state index in [0.717, 1.165) is 29.7 Å². The van der Waals surface area contributed by atoms with Gasteiger partial charge in [0.05, 0.1) is 18.3 Å². The summed E-state index contributed by atoms with van der Waals surface area (Å²) >= 11 is 0. The van der Waals surface area contributed by atoms with Crippen molar-refractivity contribution in [2.24, 2.45) is 7.05 Å². The Bertz CT molecular complexity index is 1020. The molecule has 7 heteroatoms. The molecule has 1 heterocycles. The lowest BCUT2D eigenvalue weighted by molar-refractivity contribution is 0.0178. The fourth-order valence-electron chi connectivity index (χ4n) is 3.86. The molecule has 1 saturated carbocycles. The van der Waals surface area contributed by atoms with Gasteiger partial charge >= 0.3 is 0 Å². The van der Waals surface area contributed by atoms with Gasteiger partial charge in [-0.05, 0) is 31.9 Å². The van der Waals surface area contributed by atoms with Crippen LogP contribution in [-0.4, -0.2) is 51.7 Å². The van der Waals surface area contributed by atoms with Crippen LogP contribution in [0.5, 0.6) is 11.6 Å². The number of ether oxygens (including phenoxy) is 2. The zero-order valence-electron chi connectivity index (χ0n) is 18.6. The van der Waals surface area contributed by atoms with Crippen molar-refractivity contribution in [3.63, 3.8) is 0 Å². The maximum atomic E-state index is 13.8. The quantitative estimate of drug-likeness (QED) is 0.481. The maximum absolute atomic E-state index is 13.8. The lowest BCUT2D eigenvalue weighted by Crippen LogP contribution is -2.36. The first-order chi connectivity index (χ1) is 15.5. The summed E-state index contributed by atoms with van der Waals surface area (Å²) in [6, 6.07) is 16.5. The summed E-state index contributed by atoms with van der Waals surface area (Å²) in [5.41, 5.74) is 2.72. The minimum Gasteiger partial charge on any atom is -0.439 e. The maximum Gasteiger partial charge on any atom is 0.222 e. The Morgan fingerprint density at radius 1 is 1.19 bits per heavy atom. The molecule has 0 saturated heterocycles. The normalized spacial score (nSPS) is 14.7. The smallest absolute Gasteiger partial charge is 0.222 e. The lowest BCUT2D eigenvalue weighted by Gasteiger charge is -2.25. The van der Waals surface area contributed by atoms with Gasteiger partial charge < -0.3 is 14.6 Å². The van der Waals surface area contributed by atoms with Crippen LogP contribution in [0.25, 0.3) is 11.3 Å². The van der Waals surface area contributed by atoms with Crippen LogP contribution in [0.4, 0.5) is 4.39 Å². The number of aliphatic hydroxyl groups excluding tert-OH is 1. The molecule has 0 spiro atoms. The van der Waals surface area contributed by atoms with Crippen molar-refractivity contribution in [3.8, 4) is 22.9 Å². The molecule has 2 aromatic carbocycles. The Labute approximate surface area is 188 Å². The summed E-state index contributed by atoms with van der Waals surface area (Å²) < 4.78 is 27.0. The molecule has 0 bridgehead atoms. The first kappa shape index (κ1) is 22.5. The van der Waals surface area contributed by atoms with E-state index in [-0.39, 0.29) is 5.82 Å². The van der Waals surface area contributed by atoms with Gasteiger partial charge in [0.25, 0.3) is 0 Å². The van der Waals surface area contributed by atoms with Crippen LogP contribution in [0.3, 0.4) is 0 Å². The van der Waals surface area contributed by atoms with Gasteiger partial charge in [-0.2, -0.15) is 5.10 Å². The molecule has 1 fully saturated rings. The van der Waals surface area contributed by atoms with E-state index in [9.17, 15) is 9.50 Å².